The quantitative estimate of drug-likeness (QED) is 0.837. The molecule has 0 aromatic heterocycles. The van der Waals surface area contributed by atoms with E-state index in [9.17, 15) is 0 Å². The number of rotatable bonds is 6. The molecule has 0 radical (unpaired) electrons. The van der Waals surface area contributed by atoms with E-state index in [0.717, 1.165) is 19.8 Å². The van der Waals surface area contributed by atoms with E-state index < -0.39 is 0 Å². The summed E-state index contributed by atoms with van der Waals surface area (Å²) >= 11 is 0. The second kappa shape index (κ2) is 7.80. The molecule has 1 aliphatic heterocycles. The third kappa shape index (κ3) is 3.83. The molecule has 1 heterocycles. The van der Waals surface area contributed by atoms with Gasteiger partial charge in [-0.1, -0.05) is 45.0 Å². The van der Waals surface area contributed by atoms with Crippen molar-refractivity contribution in [3.8, 4) is 0 Å². The lowest BCUT2D eigenvalue weighted by molar-refractivity contribution is 0.0393. The van der Waals surface area contributed by atoms with Crippen LogP contribution in [0, 0.1) is 5.92 Å². The zero-order chi connectivity index (χ0) is 14.4. The Morgan fingerprint density at radius 1 is 1.20 bits per heavy atom. The van der Waals surface area contributed by atoms with Crippen molar-refractivity contribution < 1.29 is 4.74 Å². The summed E-state index contributed by atoms with van der Waals surface area (Å²) in [5, 5.41) is 3.65. The van der Waals surface area contributed by atoms with Crippen molar-refractivity contribution in [2.45, 2.75) is 52.0 Å². The zero-order valence-electron chi connectivity index (χ0n) is 13.2. The van der Waals surface area contributed by atoms with Gasteiger partial charge in [0, 0.05) is 18.6 Å². The maximum atomic E-state index is 5.67. The predicted molar refractivity (Wildman–Crippen MR) is 85.1 cm³/mol. The molecule has 112 valence electrons. The Bertz CT molecular complexity index is 381. The Balaban J connectivity index is 2.11. The van der Waals surface area contributed by atoms with E-state index in [2.05, 4.69) is 50.4 Å². The topological polar surface area (TPSA) is 21.3 Å². The van der Waals surface area contributed by atoms with Gasteiger partial charge in [-0.3, -0.25) is 0 Å². The van der Waals surface area contributed by atoms with Gasteiger partial charge in [0.15, 0.2) is 0 Å². The number of benzene rings is 1. The molecule has 2 nitrogen and oxygen atoms in total. The summed E-state index contributed by atoms with van der Waals surface area (Å²) < 4.78 is 5.67. The summed E-state index contributed by atoms with van der Waals surface area (Å²) in [5.74, 6) is 1.26. The molecule has 0 saturated carbocycles. The number of ether oxygens (including phenoxy) is 1. The molecule has 1 N–H and O–H groups in total. The van der Waals surface area contributed by atoms with E-state index in [-0.39, 0.29) is 0 Å². The highest BCUT2D eigenvalue weighted by Crippen LogP contribution is 2.30. The minimum absolute atomic E-state index is 0.436. The molecular formula is C18H29NO. The Hall–Kier alpha value is -0.860. The predicted octanol–water partition coefficient (Wildman–Crippen LogP) is 4.28. The van der Waals surface area contributed by atoms with Crippen molar-refractivity contribution in [2.75, 3.05) is 19.8 Å². The normalized spacial score (nSPS) is 22.4. The molecule has 3 unspecified atom stereocenters. The van der Waals surface area contributed by atoms with Crippen LogP contribution in [0.15, 0.2) is 24.3 Å². The monoisotopic (exact) mass is 275 g/mol. The minimum atomic E-state index is 0.436. The fourth-order valence-electron chi connectivity index (χ4n) is 3.07. The van der Waals surface area contributed by atoms with E-state index in [1.54, 1.807) is 0 Å². The first kappa shape index (κ1) is 15.5. The average Bonchev–Trinajstić information content (AvgIpc) is 2.53. The zero-order valence-corrected chi connectivity index (χ0v) is 13.2. The van der Waals surface area contributed by atoms with Crippen LogP contribution in [-0.4, -0.2) is 19.8 Å². The summed E-state index contributed by atoms with van der Waals surface area (Å²) in [6.07, 6.45) is 3.66. The van der Waals surface area contributed by atoms with Crippen LogP contribution in [0.25, 0.3) is 0 Å². The third-order valence-electron chi connectivity index (χ3n) is 4.57. The maximum Gasteiger partial charge on any atom is 0.0512 e. The molecule has 2 heteroatoms. The van der Waals surface area contributed by atoms with E-state index in [4.69, 9.17) is 4.74 Å². The second-order valence-corrected chi connectivity index (χ2v) is 5.99. The molecule has 20 heavy (non-hydrogen) atoms. The molecule has 1 aliphatic rings. The third-order valence-corrected chi connectivity index (χ3v) is 4.57. The van der Waals surface area contributed by atoms with Crippen LogP contribution in [0.1, 0.15) is 63.1 Å². The molecule has 2 rings (SSSR count). The van der Waals surface area contributed by atoms with Gasteiger partial charge in [-0.2, -0.15) is 0 Å². The van der Waals surface area contributed by atoms with Gasteiger partial charge in [-0.05, 0) is 42.9 Å². The summed E-state index contributed by atoms with van der Waals surface area (Å²) in [7, 11) is 0. The summed E-state index contributed by atoms with van der Waals surface area (Å²) in [4.78, 5) is 0. The molecular weight excluding hydrogens is 246 g/mol. The van der Waals surface area contributed by atoms with Crippen molar-refractivity contribution in [1.82, 2.24) is 5.32 Å². The molecule has 0 amide bonds. The van der Waals surface area contributed by atoms with Gasteiger partial charge < -0.3 is 10.1 Å². The van der Waals surface area contributed by atoms with Crippen LogP contribution in [0.5, 0.6) is 0 Å². The van der Waals surface area contributed by atoms with Gasteiger partial charge in [0.05, 0.1) is 6.61 Å². The van der Waals surface area contributed by atoms with Gasteiger partial charge in [0.1, 0.15) is 0 Å². The smallest absolute Gasteiger partial charge is 0.0512 e. The molecule has 1 aromatic carbocycles. The van der Waals surface area contributed by atoms with Crippen molar-refractivity contribution in [3.63, 3.8) is 0 Å². The Morgan fingerprint density at radius 2 is 1.90 bits per heavy atom. The van der Waals surface area contributed by atoms with Gasteiger partial charge in [-0.15, -0.1) is 0 Å². The minimum Gasteiger partial charge on any atom is -0.381 e. The van der Waals surface area contributed by atoms with Gasteiger partial charge in [0.25, 0.3) is 0 Å². The number of hydrogen-bond donors (Lipinski definition) is 1. The number of hydrogen-bond acceptors (Lipinski definition) is 2. The van der Waals surface area contributed by atoms with Crippen LogP contribution in [0.2, 0.25) is 0 Å². The van der Waals surface area contributed by atoms with Crippen molar-refractivity contribution in [3.05, 3.63) is 35.4 Å². The van der Waals surface area contributed by atoms with E-state index in [1.807, 2.05) is 0 Å². The Labute approximate surface area is 123 Å². The van der Waals surface area contributed by atoms with E-state index in [0.29, 0.717) is 17.9 Å². The highest BCUT2D eigenvalue weighted by atomic mass is 16.5. The summed E-state index contributed by atoms with van der Waals surface area (Å²) in [5.41, 5.74) is 2.86. The molecule has 1 aromatic rings. The summed E-state index contributed by atoms with van der Waals surface area (Å²) in [6.45, 7) is 9.57. The molecule has 1 fully saturated rings. The Morgan fingerprint density at radius 3 is 2.45 bits per heavy atom. The van der Waals surface area contributed by atoms with Crippen molar-refractivity contribution in [2.24, 2.45) is 5.92 Å². The fourth-order valence-corrected chi connectivity index (χ4v) is 3.07. The first-order valence-corrected chi connectivity index (χ1v) is 8.17. The lowest BCUT2D eigenvalue weighted by atomic mass is 9.87. The number of nitrogens with one attached hydrogen (secondary N) is 1. The first-order valence-electron chi connectivity index (χ1n) is 8.17. The fraction of sp³-hybridized carbons (Fsp3) is 0.667. The molecule has 0 spiro atoms. The molecule has 1 saturated heterocycles. The van der Waals surface area contributed by atoms with Gasteiger partial charge in [0.2, 0.25) is 0 Å². The lowest BCUT2D eigenvalue weighted by Crippen LogP contribution is -2.33. The van der Waals surface area contributed by atoms with Crippen LogP contribution < -0.4 is 5.32 Å². The van der Waals surface area contributed by atoms with E-state index >= 15 is 0 Å². The lowest BCUT2D eigenvalue weighted by Gasteiger charge is -2.31. The molecule has 0 aliphatic carbocycles. The first-order chi connectivity index (χ1) is 9.76. The molecule has 0 bridgehead atoms. The van der Waals surface area contributed by atoms with Gasteiger partial charge >= 0.3 is 0 Å². The Kier molecular flexibility index (Phi) is 6.06. The van der Waals surface area contributed by atoms with Crippen LogP contribution in [-0.2, 0) is 4.74 Å². The van der Waals surface area contributed by atoms with Gasteiger partial charge in [-0.25, -0.2) is 0 Å². The highest BCUT2D eigenvalue weighted by Gasteiger charge is 2.24. The van der Waals surface area contributed by atoms with Crippen LogP contribution >= 0.6 is 0 Å². The van der Waals surface area contributed by atoms with Crippen molar-refractivity contribution in [1.29, 1.82) is 0 Å². The van der Waals surface area contributed by atoms with Crippen LogP contribution in [0.3, 0.4) is 0 Å². The van der Waals surface area contributed by atoms with E-state index in [1.165, 1.54) is 30.4 Å². The summed E-state index contributed by atoms with van der Waals surface area (Å²) in [6, 6.07) is 9.66. The SMILES string of the molecule is CCNC(c1ccc(C(C)CC)cc1)C1CCCOC1. The molecule has 3 atom stereocenters. The maximum absolute atomic E-state index is 5.67. The van der Waals surface area contributed by atoms with Crippen molar-refractivity contribution >= 4 is 0 Å². The standard InChI is InChI=1S/C18H29NO/c1-4-14(3)15-8-10-16(11-9-15)18(19-5-2)17-7-6-12-20-13-17/h8-11,14,17-19H,4-7,12-13H2,1-3H3. The highest BCUT2D eigenvalue weighted by molar-refractivity contribution is 5.27. The second-order valence-electron chi connectivity index (χ2n) is 5.99. The van der Waals surface area contributed by atoms with Crippen LogP contribution in [0.4, 0.5) is 0 Å². The average molecular weight is 275 g/mol. The largest absolute Gasteiger partial charge is 0.381 e.